The summed E-state index contributed by atoms with van der Waals surface area (Å²) < 4.78 is 9.34. The Morgan fingerprint density at radius 3 is 0.611 bits per heavy atom. The first kappa shape index (κ1) is 41.3. The smallest absolute Gasteiger partial charge is 0.0534 e. The van der Waals surface area contributed by atoms with Gasteiger partial charge in [0.1, 0.15) is 0 Å². The summed E-state index contributed by atoms with van der Waals surface area (Å²) in [7, 11) is 0. The Labute approximate surface area is 417 Å². The molecule has 0 radical (unpaired) electrons. The number of aromatic nitrogens is 4. The van der Waals surface area contributed by atoms with Crippen molar-refractivity contribution < 1.29 is 0 Å². The molecule has 0 unspecified atom stereocenters. The molecule has 4 heteroatoms. The van der Waals surface area contributed by atoms with E-state index in [1.165, 1.54) is 65.9 Å². The largest absolute Gasteiger partial charge is 0.316 e. The van der Waals surface area contributed by atoms with Gasteiger partial charge in [0.2, 0.25) is 0 Å². The molecule has 10 aromatic carbocycles. The highest BCUT2D eigenvalue weighted by atomic mass is 15.0. The standard InChI is InChI=1S/C68H46N4/c1-5-21-53(22-6-1)69-43-61(57-29-13-17-33-65(57)69)49-37-47(38-50(41-49)62-44-70(54-23-7-2-8-24-54)66-34-18-14-30-58(62)66)48-39-51(63-45-71(55-25-9-3-10-26-55)67-35-19-15-31-59(63)67)42-52(40-48)64-46-72(56-27-11-4-12-28-56)68-36-20-16-32-60(64)68/h1-46H. The van der Waals surface area contributed by atoms with Gasteiger partial charge in [0.15, 0.2) is 0 Å². The first-order valence-electron chi connectivity index (χ1n) is 24.6. The van der Waals surface area contributed by atoms with Gasteiger partial charge in [-0.05, 0) is 143 Å². The van der Waals surface area contributed by atoms with Crippen LogP contribution in [-0.2, 0) is 0 Å². The molecule has 0 saturated heterocycles. The zero-order valence-electron chi connectivity index (χ0n) is 39.3. The lowest BCUT2D eigenvalue weighted by atomic mass is 9.89. The number of para-hydroxylation sites is 8. The molecule has 72 heavy (non-hydrogen) atoms. The zero-order valence-corrected chi connectivity index (χ0v) is 39.3. The van der Waals surface area contributed by atoms with Crippen LogP contribution in [0.25, 0.3) is 122 Å². The van der Waals surface area contributed by atoms with Crippen LogP contribution < -0.4 is 0 Å². The van der Waals surface area contributed by atoms with Crippen molar-refractivity contribution in [1.82, 2.24) is 18.3 Å². The summed E-state index contributed by atoms with van der Waals surface area (Å²) >= 11 is 0. The van der Waals surface area contributed by atoms with Crippen LogP contribution >= 0.6 is 0 Å². The SMILES string of the molecule is c1ccc(-n2cc(-c3cc(-c4cc(-c5cn(-c6ccccc6)c6ccccc56)cc(-c5cn(-c6ccccc6)c6ccccc56)c4)cc(-c4cn(-c5ccccc5)c5ccccc45)c3)c3ccccc32)cc1. The molecule has 0 aliphatic heterocycles. The highest BCUT2D eigenvalue weighted by Crippen LogP contribution is 2.44. The second-order valence-corrected chi connectivity index (χ2v) is 18.7. The summed E-state index contributed by atoms with van der Waals surface area (Å²) in [4.78, 5) is 0. The van der Waals surface area contributed by atoms with Gasteiger partial charge >= 0.3 is 0 Å². The van der Waals surface area contributed by atoms with Crippen LogP contribution in [0.3, 0.4) is 0 Å². The van der Waals surface area contributed by atoms with E-state index in [0.717, 1.165) is 56.1 Å². The van der Waals surface area contributed by atoms with Crippen molar-refractivity contribution in [1.29, 1.82) is 0 Å². The van der Waals surface area contributed by atoms with Gasteiger partial charge < -0.3 is 18.3 Å². The molecule has 0 N–H and O–H groups in total. The maximum absolute atomic E-state index is 2.42. The predicted molar refractivity (Wildman–Crippen MR) is 301 cm³/mol. The van der Waals surface area contributed by atoms with E-state index >= 15 is 0 Å². The Hall–Kier alpha value is -9.64. The predicted octanol–water partition coefficient (Wildman–Crippen LogP) is 17.8. The fourth-order valence-electron chi connectivity index (χ4n) is 11.1. The molecule has 0 aliphatic rings. The lowest BCUT2D eigenvalue weighted by Crippen LogP contribution is -1.91. The summed E-state index contributed by atoms with van der Waals surface area (Å²) in [6, 6.07) is 92.4. The van der Waals surface area contributed by atoms with Gasteiger partial charge in [-0.1, -0.05) is 146 Å². The van der Waals surface area contributed by atoms with E-state index in [1.807, 2.05) is 0 Å². The first-order valence-corrected chi connectivity index (χ1v) is 24.6. The first-order chi connectivity index (χ1) is 35.7. The van der Waals surface area contributed by atoms with Gasteiger partial charge in [0.25, 0.3) is 0 Å². The monoisotopic (exact) mass is 918 g/mol. The Kier molecular flexibility index (Phi) is 9.82. The summed E-state index contributed by atoms with van der Waals surface area (Å²) in [6.45, 7) is 0. The van der Waals surface area contributed by atoms with Crippen molar-refractivity contribution in [2.24, 2.45) is 0 Å². The molecule has 0 saturated carbocycles. The van der Waals surface area contributed by atoms with Crippen molar-refractivity contribution in [3.63, 3.8) is 0 Å². The van der Waals surface area contributed by atoms with Gasteiger partial charge in [-0.15, -0.1) is 0 Å². The van der Waals surface area contributed by atoms with Crippen molar-refractivity contribution in [3.8, 4) is 78.4 Å². The van der Waals surface area contributed by atoms with E-state index in [9.17, 15) is 0 Å². The number of hydrogen-bond acceptors (Lipinski definition) is 0. The third kappa shape index (κ3) is 7.00. The van der Waals surface area contributed by atoms with Crippen molar-refractivity contribution >= 4 is 43.6 Å². The Balaban J connectivity index is 1.06. The van der Waals surface area contributed by atoms with Crippen LogP contribution in [-0.4, -0.2) is 18.3 Å². The summed E-state index contributed by atoms with van der Waals surface area (Å²) in [5, 5.41) is 4.81. The molecule has 0 aliphatic carbocycles. The van der Waals surface area contributed by atoms with Gasteiger partial charge in [-0.3, -0.25) is 0 Å². The van der Waals surface area contributed by atoms with Gasteiger partial charge in [-0.25, -0.2) is 0 Å². The third-order valence-electron chi connectivity index (χ3n) is 14.4. The molecule has 0 amide bonds. The molecule has 0 fully saturated rings. The van der Waals surface area contributed by atoms with Crippen molar-refractivity contribution in [2.45, 2.75) is 0 Å². The molecule has 0 bridgehead atoms. The van der Waals surface area contributed by atoms with Crippen LogP contribution in [0.1, 0.15) is 0 Å². The summed E-state index contributed by atoms with van der Waals surface area (Å²) in [6.07, 6.45) is 9.31. The number of fused-ring (bicyclic) bond motifs is 4. The quantitative estimate of drug-likeness (QED) is 0.137. The van der Waals surface area contributed by atoms with Crippen molar-refractivity contribution in [2.75, 3.05) is 0 Å². The molecular weight excluding hydrogens is 873 g/mol. The van der Waals surface area contributed by atoms with Gasteiger partial charge in [0, 0.05) is 91.3 Å². The van der Waals surface area contributed by atoms with E-state index in [0.29, 0.717) is 0 Å². The van der Waals surface area contributed by atoms with E-state index in [1.54, 1.807) is 0 Å². The highest BCUT2D eigenvalue weighted by molar-refractivity contribution is 6.05. The van der Waals surface area contributed by atoms with Crippen LogP contribution in [0.5, 0.6) is 0 Å². The number of hydrogen-bond donors (Lipinski definition) is 0. The lowest BCUT2D eigenvalue weighted by molar-refractivity contribution is 1.13. The lowest BCUT2D eigenvalue weighted by Gasteiger charge is -2.14. The minimum Gasteiger partial charge on any atom is -0.316 e. The molecule has 4 heterocycles. The molecular formula is C68H46N4. The zero-order chi connectivity index (χ0) is 47.5. The maximum Gasteiger partial charge on any atom is 0.0534 e. The van der Waals surface area contributed by atoms with Gasteiger partial charge in [0.05, 0.1) is 22.1 Å². The minimum absolute atomic E-state index is 1.13. The average molecular weight is 919 g/mol. The average Bonchev–Trinajstić information content (AvgIpc) is 4.25. The second-order valence-electron chi connectivity index (χ2n) is 18.7. The van der Waals surface area contributed by atoms with Crippen LogP contribution in [0.2, 0.25) is 0 Å². The number of nitrogens with zero attached hydrogens (tertiary/aromatic N) is 4. The summed E-state index contributed by atoms with van der Waals surface area (Å²) in [5.74, 6) is 0. The second kappa shape index (κ2) is 17.1. The molecule has 0 spiro atoms. The minimum atomic E-state index is 1.13. The Morgan fingerprint density at radius 1 is 0.181 bits per heavy atom. The van der Waals surface area contributed by atoms with E-state index in [4.69, 9.17) is 0 Å². The molecule has 0 atom stereocenters. The fraction of sp³-hybridized carbons (Fsp3) is 0. The highest BCUT2D eigenvalue weighted by Gasteiger charge is 2.21. The summed E-state index contributed by atoms with van der Waals surface area (Å²) in [5.41, 5.74) is 20.8. The normalized spacial score (nSPS) is 11.6. The van der Waals surface area contributed by atoms with E-state index in [-0.39, 0.29) is 0 Å². The van der Waals surface area contributed by atoms with Crippen LogP contribution in [0.15, 0.2) is 280 Å². The van der Waals surface area contributed by atoms with E-state index in [2.05, 4.69) is 298 Å². The Morgan fingerprint density at radius 2 is 0.375 bits per heavy atom. The number of rotatable bonds is 9. The molecule has 4 aromatic heterocycles. The third-order valence-corrected chi connectivity index (χ3v) is 14.4. The Bertz CT molecular complexity index is 3750. The molecule has 338 valence electrons. The number of benzene rings is 10. The maximum atomic E-state index is 2.42. The van der Waals surface area contributed by atoms with E-state index < -0.39 is 0 Å². The molecule has 4 nitrogen and oxygen atoms in total. The molecule has 14 aromatic rings. The van der Waals surface area contributed by atoms with Gasteiger partial charge in [-0.2, -0.15) is 0 Å². The fourth-order valence-corrected chi connectivity index (χ4v) is 11.1. The van der Waals surface area contributed by atoms with Crippen molar-refractivity contribution in [3.05, 3.63) is 280 Å². The molecule has 14 rings (SSSR count). The topological polar surface area (TPSA) is 19.7 Å². The van der Waals surface area contributed by atoms with Crippen LogP contribution in [0.4, 0.5) is 0 Å². The van der Waals surface area contributed by atoms with Crippen LogP contribution in [0, 0.1) is 0 Å².